The third-order valence-electron chi connectivity index (χ3n) is 10.1. The third kappa shape index (κ3) is 22.4. The smallest absolute Gasteiger partial charge is 0.414 e. The van der Waals surface area contributed by atoms with E-state index in [1.807, 2.05) is 48.2 Å². The number of rotatable bonds is 29. The van der Waals surface area contributed by atoms with Crippen molar-refractivity contribution in [2.45, 2.75) is 117 Å². The Bertz CT molecular complexity index is 1290. The van der Waals surface area contributed by atoms with Gasteiger partial charge in [0.1, 0.15) is 11.5 Å². The summed E-state index contributed by atoms with van der Waals surface area (Å²) in [6.07, 6.45) is 14.4. The number of nitrogens with zero attached hydrogens (tertiary/aromatic N) is 4. The maximum atomic E-state index is 12.6. The van der Waals surface area contributed by atoms with Crippen LogP contribution >= 0.6 is 0 Å². The van der Waals surface area contributed by atoms with Gasteiger partial charge in [-0.15, -0.1) is 0 Å². The lowest BCUT2D eigenvalue weighted by molar-refractivity contribution is -0.159. The molecule has 0 saturated carbocycles. The van der Waals surface area contributed by atoms with E-state index in [0.717, 1.165) is 128 Å². The maximum Gasteiger partial charge on any atom is 0.414 e. The van der Waals surface area contributed by atoms with E-state index in [9.17, 15) is 9.59 Å². The van der Waals surface area contributed by atoms with E-state index in [4.69, 9.17) is 29.3 Å². The molecular formula is C44H72N4O8. The van der Waals surface area contributed by atoms with Crippen LogP contribution in [0.2, 0.25) is 0 Å². The first-order chi connectivity index (χ1) is 27.0. The van der Waals surface area contributed by atoms with Crippen molar-refractivity contribution in [3.63, 3.8) is 0 Å². The van der Waals surface area contributed by atoms with Crippen LogP contribution in [-0.4, -0.2) is 121 Å². The summed E-state index contributed by atoms with van der Waals surface area (Å²) >= 11 is 0. The molecule has 0 unspecified atom stereocenters. The van der Waals surface area contributed by atoms with Crippen molar-refractivity contribution >= 4 is 23.8 Å². The molecule has 0 aliphatic carbocycles. The molecule has 0 radical (unpaired) electrons. The minimum atomic E-state index is -1.82. The van der Waals surface area contributed by atoms with Gasteiger partial charge in [0.2, 0.25) is 11.8 Å². The topological polar surface area (TPSA) is 140 Å². The molecule has 0 aliphatic rings. The molecule has 0 spiro atoms. The predicted molar refractivity (Wildman–Crippen MR) is 223 cm³/mol. The molecule has 56 heavy (non-hydrogen) atoms. The van der Waals surface area contributed by atoms with Gasteiger partial charge in [-0.05, 0) is 76.8 Å². The molecule has 2 aromatic rings. The number of amides is 2. The summed E-state index contributed by atoms with van der Waals surface area (Å²) in [5, 5.41) is 14.8. The predicted octanol–water partition coefficient (Wildman–Crippen LogP) is 7.58. The first-order valence-corrected chi connectivity index (χ1v) is 20.6. The van der Waals surface area contributed by atoms with E-state index in [-0.39, 0.29) is 11.8 Å². The molecule has 316 valence electrons. The lowest BCUT2D eigenvalue weighted by Gasteiger charge is -2.22. The average molecular weight is 785 g/mol. The first-order valence-electron chi connectivity index (χ1n) is 20.6. The van der Waals surface area contributed by atoms with Crippen LogP contribution in [0.1, 0.15) is 115 Å². The van der Waals surface area contributed by atoms with Gasteiger partial charge >= 0.3 is 11.9 Å². The number of carbonyl (C=O) groups excluding carboxylic acids is 2. The molecule has 0 aromatic heterocycles. The van der Waals surface area contributed by atoms with E-state index in [1.54, 1.807) is 14.2 Å². The van der Waals surface area contributed by atoms with Crippen molar-refractivity contribution in [3.8, 4) is 11.5 Å². The normalized spacial score (nSPS) is 10.9. The molecule has 0 fully saturated rings. The molecule has 2 N–H and O–H groups in total. The lowest BCUT2D eigenvalue weighted by atomic mass is 10.1. The Kier molecular flexibility index (Phi) is 27.6. The Morgan fingerprint density at radius 2 is 0.821 bits per heavy atom. The van der Waals surface area contributed by atoms with Crippen molar-refractivity contribution in [1.29, 1.82) is 0 Å². The Morgan fingerprint density at radius 1 is 0.500 bits per heavy atom. The van der Waals surface area contributed by atoms with E-state index in [2.05, 4.69) is 47.9 Å². The second-order valence-corrected chi connectivity index (χ2v) is 14.3. The zero-order valence-electron chi connectivity index (χ0n) is 35.3. The number of aliphatic carboxylic acids is 2. The molecule has 2 amide bonds. The molecule has 2 aromatic carbocycles. The zero-order chi connectivity index (χ0) is 41.6. The van der Waals surface area contributed by atoms with Crippen LogP contribution in [0, 0.1) is 0 Å². The van der Waals surface area contributed by atoms with Gasteiger partial charge in [-0.3, -0.25) is 19.4 Å². The molecule has 0 aliphatic heterocycles. The highest BCUT2D eigenvalue weighted by atomic mass is 16.5. The highest BCUT2D eigenvalue weighted by molar-refractivity contribution is 6.27. The summed E-state index contributed by atoms with van der Waals surface area (Å²) in [7, 11) is 7.36. The number of benzene rings is 2. The number of carbonyl (C=O) groups is 4. The maximum absolute atomic E-state index is 12.6. The van der Waals surface area contributed by atoms with E-state index >= 15 is 0 Å². The molecule has 0 atom stereocenters. The zero-order valence-corrected chi connectivity index (χ0v) is 35.3. The summed E-state index contributed by atoms with van der Waals surface area (Å²) in [5.74, 6) is -1.21. The van der Waals surface area contributed by atoms with E-state index in [0.29, 0.717) is 12.8 Å². The number of hydrogen-bond donors (Lipinski definition) is 2. The lowest BCUT2D eigenvalue weighted by Crippen LogP contribution is -2.27. The fraction of sp³-hybridized carbons (Fsp3) is 0.636. The van der Waals surface area contributed by atoms with Crippen LogP contribution in [-0.2, 0) is 32.3 Å². The van der Waals surface area contributed by atoms with Crippen molar-refractivity contribution < 1.29 is 38.9 Å². The average Bonchev–Trinajstić information content (AvgIpc) is 3.20. The summed E-state index contributed by atoms with van der Waals surface area (Å²) in [6.45, 7) is 12.0. The van der Waals surface area contributed by atoms with Crippen LogP contribution in [0.25, 0.3) is 0 Å². The van der Waals surface area contributed by atoms with E-state index in [1.165, 1.54) is 24.0 Å². The molecular weight excluding hydrogens is 713 g/mol. The molecule has 12 nitrogen and oxygen atoms in total. The largest absolute Gasteiger partial charge is 0.496 e. The Morgan fingerprint density at radius 3 is 1.16 bits per heavy atom. The molecule has 0 heterocycles. The van der Waals surface area contributed by atoms with Gasteiger partial charge in [0.05, 0.1) is 14.2 Å². The van der Waals surface area contributed by atoms with Crippen LogP contribution in [0.3, 0.4) is 0 Å². The van der Waals surface area contributed by atoms with Crippen LogP contribution in [0.15, 0.2) is 48.5 Å². The van der Waals surface area contributed by atoms with Gasteiger partial charge in [0, 0.05) is 64.2 Å². The number of methoxy groups -OCH3 is 2. The summed E-state index contributed by atoms with van der Waals surface area (Å²) in [6, 6.07) is 16.5. The number of para-hydroxylation sites is 2. The number of carboxylic acids is 2. The van der Waals surface area contributed by atoms with Crippen molar-refractivity contribution in [2.24, 2.45) is 0 Å². The van der Waals surface area contributed by atoms with Gasteiger partial charge in [-0.25, -0.2) is 9.59 Å². The molecule has 12 heteroatoms. The third-order valence-corrected chi connectivity index (χ3v) is 10.1. The van der Waals surface area contributed by atoms with Gasteiger partial charge < -0.3 is 29.5 Å². The van der Waals surface area contributed by atoms with Gasteiger partial charge in [-0.1, -0.05) is 88.8 Å². The second kappa shape index (κ2) is 31.0. The van der Waals surface area contributed by atoms with Crippen LogP contribution < -0.4 is 9.47 Å². The van der Waals surface area contributed by atoms with Gasteiger partial charge in [0.15, 0.2) is 0 Å². The van der Waals surface area contributed by atoms with Gasteiger partial charge in [-0.2, -0.15) is 0 Å². The summed E-state index contributed by atoms with van der Waals surface area (Å²) < 4.78 is 11.0. The minimum absolute atomic E-state index is 0.270. The first kappa shape index (κ1) is 49.9. The fourth-order valence-corrected chi connectivity index (χ4v) is 6.46. The number of hydrogen-bond acceptors (Lipinski definition) is 8. The Balaban J connectivity index is 0.00000241. The SMILES string of the molecule is CCN(CCCCCC(=O)N(C)CCCCCCCCN(C)C(=O)CCCCCN(CC)Cc1ccccc1OC)Cc1ccccc1OC.O=C(O)C(=O)O. The standard InChI is InChI=1S/C42H70N4O4.C2H2O4/c1-7-45(35-37-25-17-19-27-39(37)49-5)33-23-13-15-29-41(47)43(3)31-21-11-9-10-12-22-32-44(4)42(48)30-16-14-24-34-46(8-2)36-38-26-18-20-28-40(38)50-6;3-1(4)2(5)6/h17-20,25-28H,7-16,21-24,29-36H2,1-6H3;(H,3,4)(H,5,6). The molecule has 0 bridgehead atoms. The summed E-state index contributed by atoms with van der Waals surface area (Å²) in [4.78, 5) is 52.2. The fourth-order valence-electron chi connectivity index (χ4n) is 6.46. The number of carboxylic acid groups (broad SMARTS) is 2. The Labute approximate surface area is 337 Å². The quantitative estimate of drug-likeness (QED) is 0.0627. The number of unbranched alkanes of at least 4 members (excludes halogenated alkanes) is 9. The van der Waals surface area contributed by atoms with Gasteiger partial charge in [0.25, 0.3) is 0 Å². The highest BCUT2D eigenvalue weighted by Crippen LogP contribution is 2.21. The van der Waals surface area contributed by atoms with Crippen LogP contribution in [0.4, 0.5) is 0 Å². The Hall–Kier alpha value is -4.16. The van der Waals surface area contributed by atoms with Crippen molar-refractivity contribution in [3.05, 3.63) is 59.7 Å². The second-order valence-electron chi connectivity index (χ2n) is 14.3. The summed E-state index contributed by atoms with van der Waals surface area (Å²) in [5.41, 5.74) is 2.45. The van der Waals surface area contributed by atoms with E-state index < -0.39 is 11.9 Å². The molecule has 2 rings (SSSR count). The van der Waals surface area contributed by atoms with Crippen LogP contribution in [0.5, 0.6) is 11.5 Å². The molecule has 0 saturated heterocycles. The monoisotopic (exact) mass is 785 g/mol. The highest BCUT2D eigenvalue weighted by Gasteiger charge is 2.12. The minimum Gasteiger partial charge on any atom is -0.496 e. The van der Waals surface area contributed by atoms with Crippen molar-refractivity contribution in [1.82, 2.24) is 19.6 Å². The number of ether oxygens (including phenoxy) is 2. The van der Waals surface area contributed by atoms with Crippen molar-refractivity contribution in [2.75, 3.05) is 67.6 Å².